The van der Waals surface area contributed by atoms with Crippen molar-refractivity contribution >= 4 is 0 Å². The van der Waals surface area contributed by atoms with Gasteiger partial charge in [-0.2, -0.15) is 0 Å². The number of ether oxygens (including phenoxy) is 2. The van der Waals surface area contributed by atoms with Gasteiger partial charge in [0.05, 0.1) is 12.7 Å². The predicted molar refractivity (Wildman–Crippen MR) is 72.9 cm³/mol. The topological polar surface area (TPSA) is 30.5 Å². The maximum absolute atomic E-state index is 5.75. The molecule has 0 amide bonds. The molecule has 0 unspecified atom stereocenters. The molecule has 3 nitrogen and oxygen atoms in total. The molecule has 1 aliphatic rings. The average Bonchev–Trinajstić information content (AvgIpc) is 2.90. The molecule has 0 aromatic heterocycles. The molecule has 0 spiro atoms. The average molecular weight is 249 g/mol. The summed E-state index contributed by atoms with van der Waals surface area (Å²) in [4.78, 5) is 0. The van der Waals surface area contributed by atoms with Crippen LogP contribution in [0.15, 0.2) is 24.3 Å². The minimum atomic E-state index is 0.478. The monoisotopic (exact) mass is 249 g/mol. The van der Waals surface area contributed by atoms with Crippen LogP contribution in [0.4, 0.5) is 0 Å². The van der Waals surface area contributed by atoms with Crippen LogP contribution in [0, 0.1) is 0 Å². The summed E-state index contributed by atoms with van der Waals surface area (Å²) in [6.45, 7) is 2.23. The summed E-state index contributed by atoms with van der Waals surface area (Å²) in [6.07, 6.45) is 5.56. The van der Waals surface area contributed by atoms with Gasteiger partial charge in [0.25, 0.3) is 0 Å². The van der Waals surface area contributed by atoms with Crippen molar-refractivity contribution < 1.29 is 9.47 Å². The molecule has 1 saturated carbocycles. The lowest BCUT2D eigenvalue weighted by atomic mass is 10.2. The van der Waals surface area contributed by atoms with E-state index in [0.717, 1.165) is 12.3 Å². The lowest BCUT2D eigenvalue weighted by molar-refractivity contribution is 0.0382. The highest BCUT2D eigenvalue weighted by Gasteiger charge is 2.14. The van der Waals surface area contributed by atoms with E-state index in [1.165, 1.54) is 31.2 Å². The highest BCUT2D eigenvalue weighted by Crippen LogP contribution is 2.20. The maximum Gasteiger partial charge on any atom is 0.119 e. The van der Waals surface area contributed by atoms with Gasteiger partial charge in [0.2, 0.25) is 0 Å². The molecule has 0 bridgehead atoms. The molecular formula is C15H23NO2. The van der Waals surface area contributed by atoms with E-state index in [1.54, 1.807) is 0 Å². The molecule has 0 aliphatic heterocycles. The zero-order valence-corrected chi connectivity index (χ0v) is 11.2. The van der Waals surface area contributed by atoms with Crippen molar-refractivity contribution in [3.63, 3.8) is 0 Å². The Labute approximate surface area is 109 Å². The molecule has 100 valence electrons. The highest BCUT2D eigenvalue weighted by atomic mass is 16.5. The number of nitrogens with one attached hydrogen (secondary N) is 1. The maximum atomic E-state index is 5.75. The first kappa shape index (κ1) is 13.4. The van der Waals surface area contributed by atoms with Crippen LogP contribution in [0.1, 0.15) is 31.2 Å². The third kappa shape index (κ3) is 4.31. The van der Waals surface area contributed by atoms with Crippen LogP contribution >= 0.6 is 0 Å². The molecule has 0 radical (unpaired) electrons. The molecule has 1 aromatic rings. The first-order valence-electron chi connectivity index (χ1n) is 6.86. The predicted octanol–water partition coefficient (Wildman–Crippen LogP) is 2.74. The Kier molecular flexibility index (Phi) is 5.49. The fourth-order valence-corrected chi connectivity index (χ4v) is 2.34. The Morgan fingerprint density at radius 2 is 1.83 bits per heavy atom. The Bertz CT molecular complexity index is 331. The fourth-order valence-electron chi connectivity index (χ4n) is 2.34. The molecule has 1 aliphatic carbocycles. The van der Waals surface area contributed by atoms with Gasteiger partial charge in [-0.3, -0.25) is 0 Å². The zero-order chi connectivity index (χ0) is 12.6. The van der Waals surface area contributed by atoms with Gasteiger partial charge in [-0.1, -0.05) is 25.0 Å². The molecule has 18 heavy (non-hydrogen) atoms. The van der Waals surface area contributed by atoms with Crippen molar-refractivity contribution in [3.05, 3.63) is 29.8 Å². The summed E-state index contributed by atoms with van der Waals surface area (Å²) in [5.41, 5.74) is 1.27. The molecule has 2 rings (SSSR count). The van der Waals surface area contributed by atoms with Crippen molar-refractivity contribution in [1.29, 1.82) is 0 Å². The Morgan fingerprint density at radius 1 is 1.11 bits per heavy atom. The van der Waals surface area contributed by atoms with E-state index in [9.17, 15) is 0 Å². The van der Waals surface area contributed by atoms with Gasteiger partial charge in [-0.15, -0.1) is 0 Å². The summed E-state index contributed by atoms with van der Waals surface area (Å²) >= 11 is 0. The van der Waals surface area contributed by atoms with Crippen LogP contribution < -0.4 is 10.1 Å². The van der Waals surface area contributed by atoms with Gasteiger partial charge in [0.15, 0.2) is 0 Å². The van der Waals surface area contributed by atoms with Crippen LogP contribution in [0.5, 0.6) is 5.75 Å². The van der Waals surface area contributed by atoms with Gasteiger partial charge in [0.1, 0.15) is 12.4 Å². The molecule has 1 fully saturated rings. The number of rotatable bonds is 7. The summed E-state index contributed by atoms with van der Waals surface area (Å²) < 4.78 is 11.4. The minimum absolute atomic E-state index is 0.478. The fraction of sp³-hybridized carbons (Fsp3) is 0.600. The van der Waals surface area contributed by atoms with Crippen LogP contribution in [0.3, 0.4) is 0 Å². The van der Waals surface area contributed by atoms with Crippen LogP contribution in [0.2, 0.25) is 0 Å². The number of benzene rings is 1. The minimum Gasteiger partial charge on any atom is -0.491 e. The van der Waals surface area contributed by atoms with Gasteiger partial charge >= 0.3 is 0 Å². The highest BCUT2D eigenvalue weighted by molar-refractivity contribution is 5.27. The van der Waals surface area contributed by atoms with Crippen LogP contribution in [-0.2, 0) is 11.3 Å². The van der Waals surface area contributed by atoms with Gasteiger partial charge in [-0.05, 0) is 37.6 Å². The zero-order valence-electron chi connectivity index (χ0n) is 11.2. The molecule has 1 aromatic carbocycles. The molecule has 1 N–H and O–H groups in total. The third-order valence-corrected chi connectivity index (χ3v) is 3.31. The SMILES string of the molecule is CNCc1ccc(OCCOC2CCCC2)cc1. The Morgan fingerprint density at radius 3 is 2.50 bits per heavy atom. The van der Waals surface area contributed by atoms with Crippen molar-refractivity contribution in [1.82, 2.24) is 5.32 Å². The molecule has 3 heteroatoms. The molecule has 0 saturated heterocycles. The summed E-state index contributed by atoms with van der Waals surface area (Å²) in [7, 11) is 1.95. The number of hydrogen-bond acceptors (Lipinski definition) is 3. The van der Waals surface area contributed by atoms with E-state index in [2.05, 4.69) is 17.4 Å². The van der Waals surface area contributed by atoms with Gasteiger partial charge < -0.3 is 14.8 Å². The van der Waals surface area contributed by atoms with Crippen molar-refractivity contribution in [3.8, 4) is 5.75 Å². The second-order valence-electron chi connectivity index (χ2n) is 4.80. The molecule has 0 heterocycles. The van der Waals surface area contributed by atoms with E-state index in [4.69, 9.17) is 9.47 Å². The van der Waals surface area contributed by atoms with Gasteiger partial charge in [-0.25, -0.2) is 0 Å². The molecular weight excluding hydrogens is 226 g/mol. The largest absolute Gasteiger partial charge is 0.491 e. The smallest absolute Gasteiger partial charge is 0.119 e. The Balaban J connectivity index is 1.63. The Hall–Kier alpha value is -1.06. The van der Waals surface area contributed by atoms with Crippen LogP contribution in [0.25, 0.3) is 0 Å². The van der Waals surface area contributed by atoms with E-state index in [0.29, 0.717) is 19.3 Å². The van der Waals surface area contributed by atoms with E-state index in [-0.39, 0.29) is 0 Å². The lowest BCUT2D eigenvalue weighted by Gasteiger charge is -2.12. The normalized spacial score (nSPS) is 16.1. The summed E-state index contributed by atoms with van der Waals surface area (Å²) in [5, 5.41) is 3.13. The number of hydrogen-bond donors (Lipinski definition) is 1. The van der Waals surface area contributed by atoms with E-state index >= 15 is 0 Å². The van der Waals surface area contributed by atoms with Crippen molar-refractivity contribution in [2.24, 2.45) is 0 Å². The second kappa shape index (κ2) is 7.39. The quantitative estimate of drug-likeness (QED) is 0.754. The first-order chi connectivity index (χ1) is 8.88. The standard InChI is InChI=1S/C15H23NO2/c1-16-12-13-6-8-15(9-7-13)18-11-10-17-14-4-2-3-5-14/h6-9,14,16H,2-5,10-12H2,1H3. The third-order valence-electron chi connectivity index (χ3n) is 3.31. The summed E-state index contributed by atoms with van der Waals surface area (Å²) in [5.74, 6) is 0.921. The van der Waals surface area contributed by atoms with E-state index < -0.39 is 0 Å². The van der Waals surface area contributed by atoms with Crippen molar-refractivity contribution in [2.75, 3.05) is 20.3 Å². The van der Waals surface area contributed by atoms with Gasteiger partial charge in [0, 0.05) is 6.54 Å². The molecule has 0 atom stereocenters. The van der Waals surface area contributed by atoms with Crippen LogP contribution in [-0.4, -0.2) is 26.4 Å². The lowest BCUT2D eigenvalue weighted by Crippen LogP contribution is -2.14. The summed E-state index contributed by atoms with van der Waals surface area (Å²) in [6, 6.07) is 8.21. The van der Waals surface area contributed by atoms with E-state index in [1.807, 2.05) is 19.2 Å². The first-order valence-corrected chi connectivity index (χ1v) is 6.86. The van der Waals surface area contributed by atoms with Crippen molar-refractivity contribution in [2.45, 2.75) is 38.3 Å². The second-order valence-corrected chi connectivity index (χ2v) is 4.80.